The fraction of sp³-hybridized carbons (Fsp3) is 0.481. The average molecular weight is 437 g/mol. The Morgan fingerprint density at radius 2 is 1.62 bits per heavy atom. The first-order chi connectivity index (χ1) is 15.2. The molecule has 0 saturated heterocycles. The normalized spacial score (nSPS) is 15.7. The van der Waals surface area contributed by atoms with Gasteiger partial charge < -0.3 is 15.0 Å². The summed E-state index contributed by atoms with van der Waals surface area (Å²) in [6.45, 7) is 8.18. The van der Waals surface area contributed by atoms with Crippen LogP contribution in [0.4, 0.5) is 5.69 Å². The molecule has 1 atom stereocenters. The quantitative estimate of drug-likeness (QED) is 0.623. The molecule has 32 heavy (non-hydrogen) atoms. The number of hydrogen-bond acceptors (Lipinski definition) is 3. The molecule has 2 amide bonds. The Morgan fingerprint density at radius 1 is 1.00 bits per heavy atom. The largest absolute Gasteiger partial charge is 0.481 e. The highest BCUT2D eigenvalue weighted by Crippen LogP contribution is 2.26. The maximum absolute atomic E-state index is 13.2. The molecule has 5 heteroatoms. The van der Waals surface area contributed by atoms with Gasteiger partial charge in [-0.2, -0.15) is 0 Å². The summed E-state index contributed by atoms with van der Waals surface area (Å²) < 4.78 is 5.85. The number of para-hydroxylation sites is 1. The Labute approximate surface area is 192 Å². The fourth-order valence-electron chi connectivity index (χ4n) is 4.13. The van der Waals surface area contributed by atoms with Crippen LogP contribution >= 0.6 is 0 Å². The van der Waals surface area contributed by atoms with Crippen LogP contribution in [-0.2, 0) is 10.2 Å². The van der Waals surface area contributed by atoms with Crippen LogP contribution in [0.15, 0.2) is 48.5 Å². The zero-order valence-corrected chi connectivity index (χ0v) is 20.0. The van der Waals surface area contributed by atoms with E-state index in [1.165, 1.54) is 12.0 Å². The van der Waals surface area contributed by atoms with E-state index in [4.69, 9.17) is 4.74 Å². The number of carbonyl (C=O) groups is 2. The standard InChI is InChI=1S/C27H36N2O3/c1-19(32-22-17-15-20(16-18-22)27(2,3)4)25(30)28-24-14-10-9-13-23(24)26(31)29(5)21-11-7-6-8-12-21/h9-10,13-19,21H,6-8,11-12H2,1-5H3,(H,28,30). The van der Waals surface area contributed by atoms with Crippen molar-refractivity contribution in [2.24, 2.45) is 0 Å². The Balaban J connectivity index is 1.66. The number of amides is 2. The maximum atomic E-state index is 13.2. The highest BCUT2D eigenvalue weighted by molar-refractivity contribution is 6.04. The van der Waals surface area contributed by atoms with Gasteiger partial charge in [-0.3, -0.25) is 9.59 Å². The molecule has 1 aliphatic carbocycles. The molecule has 2 aromatic rings. The first-order valence-corrected chi connectivity index (χ1v) is 11.6. The number of carbonyl (C=O) groups excluding carboxylic acids is 2. The lowest BCUT2D eigenvalue weighted by Gasteiger charge is -2.31. The zero-order chi connectivity index (χ0) is 23.3. The van der Waals surface area contributed by atoms with Gasteiger partial charge in [-0.05, 0) is 55.0 Å². The Kier molecular flexibility index (Phi) is 7.60. The molecule has 5 nitrogen and oxygen atoms in total. The van der Waals surface area contributed by atoms with Crippen LogP contribution in [0, 0.1) is 0 Å². The van der Waals surface area contributed by atoms with Gasteiger partial charge in [0.2, 0.25) is 0 Å². The summed E-state index contributed by atoms with van der Waals surface area (Å²) >= 11 is 0. The molecule has 2 aromatic carbocycles. The first kappa shape index (κ1) is 23.8. The van der Waals surface area contributed by atoms with Gasteiger partial charge in [0.15, 0.2) is 6.10 Å². The van der Waals surface area contributed by atoms with Crippen molar-refractivity contribution in [1.82, 2.24) is 4.90 Å². The van der Waals surface area contributed by atoms with Crippen molar-refractivity contribution >= 4 is 17.5 Å². The average Bonchev–Trinajstić information content (AvgIpc) is 2.78. The number of nitrogens with one attached hydrogen (secondary N) is 1. The summed E-state index contributed by atoms with van der Waals surface area (Å²) in [6.07, 6.45) is 4.93. The maximum Gasteiger partial charge on any atom is 0.265 e. The van der Waals surface area contributed by atoms with E-state index in [1.54, 1.807) is 19.1 Å². The van der Waals surface area contributed by atoms with Gasteiger partial charge in [0.1, 0.15) is 5.75 Å². The van der Waals surface area contributed by atoms with Gasteiger partial charge in [-0.15, -0.1) is 0 Å². The molecule has 172 valence electrons. The third-order valence-corrected chi connectivity index (χ3v) is 6.26. The second kappa shape index (κ2) is 10.2. The predicted molar refractivity (Wildman–Crippen MR) is 129 cm³/mol. The van der Waals surface area contributed by atoms with Crippen LogP contribution in [0.1, 0.15) is 75.7 Å². The molecule has 1 unspecified atom stereocenters. The van der Waals surface area contributed by atoms with Crippen molar-refractivity contribution in [1.29, 1.82) is 0 Å². The molecule has 0 bridgehead atoms. The second-order valence-corrected chi connectivity index (χ2v) is 9.78. The third-order valence-electron chi connectivity index (χ3n) is 6.26. The Morgan fingerprint density at radius 3 is 2.25 bits per heavy atom. The minimum absolute atomic E-state index is 0.0564. The van der Waals surface area contributed by atoms with Crippen LogP contribution < -0.4 is 10.1 Å². The molecule has 1 N–H and O–H groups in total. The van der Waals surface area contributed by atoms with Crippen molar-refractivity contribution < 1.29 is 14.3 Å². The van der Waals surface area contributed by atoms with Gasteiger partial charge in [-0.1, -0.05) is 64.3 Å². The van der Waals surface area contributed by atoms with Gasteiger partial charge in [-0.25, -0.2) is 0 Å². The zero-order valence-electron chi connectivity index (χ0n) is 20.0. The highest BCUT2D eigenvalue weighted by atomic mass is 16.5. The van der Waals surface area contributed by atoms with E-state index in [0.29, 0.717) is 17.0 Å². The molecule has 1 aliphatic rings. The fourth-order valence-corrected chi connectivity index (χ4v) is 4.13. The molecule has 0 radical (unpaired) electrons. The number of ether oxygens (including phenoxy) is 1. The third kappa shape index (κ3) is 5.90. The number of hydrogen-bond donors (Lipinski definition) is 1. The molecule has 1 saturated carbocycles. The molecular weight excluding hydrogens is 400 g/mol. The number of benzene rings is 2. The summed E-state index contributed by atoms with van der Waals surface area (Å²) in [5.74, 6) is 0.298. The van der Waals surface area contributed by atoms with Crippen molar-refractivity contribution in [2.45, 2.75) is 77.4 Å². The van der Waals surface area contributed by atoms with Crippen LogP contribution in [0.25, 0.3) is 0 Å². The van der Waals surface area contributed by atoms with Crippen molar-refractivity contribution in [3.8, 4) is 5.75 Å². The van der Waals surface area contributed by atoms with Crippen molar-refractivity contribution in [3.05, 3.63) is 59.7 Å². The lowest BCUT2D eigenvalue weighted by molar-refractivity contribution is -0.122. The number of nitrogens with zero attached hydrogens (tertiary/aromatic N) is 1. The van der Waals surface area contributed by atoms with E-state index in [1.807, 2.05) is 48.3 Å². The van der Waals surface area contributed by atoms with Crippen LogP contribution in [0.3, 0.4) is 0 Å². The molecule has 0 aliphatic heterocycles. The SMILES string of the molecule is CC(Oc1ccc(C(C)(C)C)cc1)C(=O)Nc1ccccc1C(=O)N(C)C1CCCCC1. The summed E-state index contributed by atoms with van der Waals surface area (Å²) in [5.41, 5.74) is 2.29. The van der Waals surface area contributed by atoms with Gasteiger partial charge >= 0.3 is 0 Å². The van der Waals surface area contributed by atoms with Crippen molar-refractivity contribution in [3.63, 3.8) is 0 Å². The molecular formula is C27H36N2O3. The number of anilines is 1. The summed E-state index contributed by atoms with van der Waals surface area (Å²) in [6, 6.07) is 15.3. The van der Waals surface area contributed by atoms with E-state index < -0.39 is 6.10 Å². The first-order valence-electron chi connectivity index (χ1n) is 11.6. The summed E-state index contributed by atoms with van der Waals surface area (Å²) in [7, 11) is 1.86. The minimum atomic E-state index is -0.699. The second-order valence-electron chi connectivity index (χ2n) is 9.78. The lowest BCUT2D eigenvalue weighted by atomic mass is 9.87. The Hall–Kier alpha value is -2.82. The van der Waals surface area contributed by atoms with E-state index in [0.717, 1.165) is 25.7 Å². The van der Waals surface area contributed by atoms with Crippen LogP contribution in [0.2, 0.25) is 0 Å². The van der Waals surface area contributed by atoms with Crippen molar-refractivity contribution in [2.75, 3.05) is 12.4 Å². The van der Waals surface area contributed by atoms with E-state index >= 15 is 0 Å². The minimum Gasteiger partial charge on any atom is -0.481 e. The van der Waals surface area contributed by atoms with Gasteiger partial charge in [0.05, 0.1) is 11.3 Å². The van der Waals surface area contributed by atoms with Gasteiger partial charge in [0.25, 0.3) is 11.8 Å². The smallest absolute Gasteiger partial charge is 0.265 e. The predicted octanol–water partition coefficient (Wildman–Crippen LogP) is 5.79. The lowest BCUT2D eigenvalue weighted by Crippen LogP contribution is -2.39. The van der Waals surface area contributed by atoms with Gasteiger partial charge in [0, 0.05) is 13.1 Å². The van der Waals surface area contributed by atoms with E-state index in [2.05, 4.69) is 26.1 Å². The van der Waals surface area contributed by atoms with Crippen LogP contribution in [0.5, 0.6) is 5.75 Å². The molecule has 3 rings (SSSR count). The molecule has 1 fully saturated rings. The topological polar surface area (TPSA) is 58.6 Å². The summed E-state index contributed by atoms with van der Waals surface area (Å²) in [5, 5.41) is 2.89. The highest BCUT2D eigenvalue weighted by Gasteiger charge is 2.25. The Bertz CT molecular complexity index is 925. The number of rotatable bonds is 6. The summed E-state index contributed by atoms with van der Waals surface area (Å²) in [4.78, 5) is 27.8. The van der Waals surface area contributed by atoms with E-state index in [9.17, 15) is 9.59 Å². The molecule has 0 aromatic heterocycles. The van der Waals surface area contributed by atoms with E-state index in [-0.39, 0.29) is 23.3 Å². The van der Waals surface area contributed by atoms with Crippen LogP contribution in [-0.4, -0.2) is 35.9 Å². The molecule has 0 heterocycles. The molecule has 0 spiro atoms. The monoisotopic (exact) mass is 436 g/mol.